The molecule has 1 aromatic rings. The minimum absolute atomic E-state index is 0.195. The van der Waals surface area contributed by atoms with Crippen molar-refractivity contribution in [2.75, 3.05) is 17.7 Å². The fourth-order valence-corrected chi connectivity index (χ4v) is 3.43. The van der Waals surface area contributed by atoms with Gasteiger partial charge >= 0.3 is 5.97 Å². The third kappa shape index (κ3) is 3.31. The van der Waals surface area contributed by atoms with E-state index in [0.717, 1.165) is 17.3 Å². The Labute approximate surface area is 124 Å². The number of hydrogen-bond donors (Lipinski definition) is 2. The Morgan fingerprint density at radius 2 is 2.30 bits per heavy atom. The van der Waals surface area contributed by atoms with Gasteiger partial charge in [0.25, 0.3) is 5.24 Å². The van der Waals surface area contributed by atoms with E-state index in [1.807, 2.05) is 0 Å². The molecule has 6 nitrogen and oxygen atoms in total. The number of ether oxygens (including phenoxy) is 1. The molecule has 1 fully saturated rings. The molecule has 2 rings (SSSR count). The number of rotatable bonds is 4. The molecule has 108 valence electrons. The molecular weight excluding hydrogens is 300 g/mol. The Balaban J connectivity index is 2.03. The molecule has 1 unspecified atom stereocenters. The van der Waals surface area contributed by atoms with Crippen LogP contribution in [-0.2, 0) is 9.53 Å². The van der Waals surface area contributed by atoms with E-state index in [2.05, 4.69) is 10.6 Å². The maximum atomic E-state index is 11.9. The highest BCUT2D eigenvalue weighted by Crippen LogP contribution is 2.28. The van der Waals surface area contributed by atoms with Gasteiger partial charge in [-0.3, -0.25) is 9.59 Å². The largest absolute Gasteiger partial charge is 0.462 e. The number of thioether (sulfide) groups is 1. The maximum absolute atomic E-state index is 11.9. The van der Waals surface area contributed by atoms with E-state index >= 15 is 0 Å². The number of nitrogens with one attached hydrogen (secondary N) is 2. The predicted octanol–water partition coefficient (Wildman–Crippen LogP) is 2.00. The van der Waals surface area contributed by atoms with Crippen molar-refractivity contribution in [3.8, 4) is 0 Å². The molecule has 1 aliphatic rings. The van der Waals surface area contributed by atoms with Crippen LogP contribution in [0.3, 0.4) is 0 Å². The lowest BCUT2D eigenvalue weighted by Crippen LogP contribution is -2.38. The molecule has 0 aliphatic carbocycles. The van der Waals surface area contributed by atoms with Crippen molar-refractivity contribution in [2.24, 2.45) is 0 Å². The van der Waals surface area contributed by atoms with Crippen LogP contribution < -0.4 is 10.6 Å². The number of carbonyl (C=O) groups is 3. The van der Waals surface area contributed by atoms with Crippen molar-refractivity contribution in [3.63, 3.8) is 0 Å². The molecule has 0 spiro atoms. The average molecular weight is 314 g/mol. The molecule has 0 saturated carbocycles. The number of carbonyl (C=O) groups excluding carboxylic acids is 3. The first-order valence-corrected chi connectivity index (χ1v) is 7.83. The summed E-state index contributed by atoms with van der Waals surface area (Å²) in [6, 6.07) is 1.19. The zero-order chi connectivity index (χ0) is 14.7. The zero-order valence-electron chi connectivity index (χ0n) is 11.0. The first-order chi connectivity index (χ1) is 9.51. The molecule has 2 amide bonds. The van der Waals surface area contributed by atoms with Gasteiger partial charge < -0.3 is 15.4 Å². The second-order valence-electron chi connectivity index (χ2n) is 4.13. The van der Waals surface area contributed by atoms with Gasteiger partial charge in [0, 0.05) is 5.75 Å². The van der Waals surface area contributed by atoms with Gasteiger partial charge in [-0.2, -0.15) is 0 Å². The summed E-state index contributed by atoms with van der Waals surface area (Å²) in [5.41, 5.74) is 0.758. The first kappa shape index (κ1) is 14.9. The van der Waals surface area contributed by atoms with Crippen LogP contribution in [0.1, 0.15) is 22.2 Å². The van der Waals surface area contributed by atoms with Crippen LogP contribution in [0.2, 0.25) is 0 Å². The molecule has 1 saturated heterocycles. The van der Waals surface area contributed by atoms with E-state index in [1.165, 1.54) is 11.3 Å². The quantitative estimate of drug-likeness (QED) is 0.830. The van der Waals surface area contributed by atoms with Crippen molar-refractivity contribution >= 4 is 45.2 Å². The van der Waals surface area contributed by atoms with Gasteiger partial charge in [-0.05, 0) is 25.5 Å². The summed E-state index contributed by atoms with van der Waals surface area (Å²) < 4.78 is 4.94. The average Bonchev–Trinajstić information content (AvgIpc) is 2.96. The number of hydrogen-bond acceptors (Lipinski definition) is 6. The summed E-state index contributed by atoms with van der Waals surface area (Å²) in [4.78, 5) is 35.1. The lowest BCUT2D eigenvalue weighted by atomic mass is 10.3. The highest BCUT2D eigenvalue weighted by Gasteiger charge is 2.28. The van der Waals surface area contributed by atoms with Crippen molar-refractivity contribution < 1.29 is 19.1 Å². The predicted molar refractivity (Wildman–Crippen MR) is 78.4 cm³/mol. The smallest absolute Gasteiger partial charge is 0.348 e. The van der Waals surface area contributed by atoms with Gasteiger partial charge in [0.2, 0.25) is 5.91 Å². The fourth-order valence-electron chi connectivity index (χ4n) is 1.68. The third-order valence-corrected chi connectivity index (χ3v) is 4.63. The van der Waals surface area contributed by atoms with E-state index in [1.54, 1.807) is 19.9 Å². The molecule has 1 atom stereocenters. The zero-order valence-corrected chi connectivity index (χ0v) is 12.7. The van der Waals surface area contributed by atoms with Gasteiger partial charge in [0.15, 0.2) is 0 Å². The normalized spacial score (nSPS) is 17.7. The van der Waals surface area contributed by atoms with Gasteiger partial charge in [0.05, 0.1) is 11.6 Å². The minimum atomic E-state index is -0.527. The summed E-state index contributed by atoms with van der Waals surface area (Å²) in [6.07, 6.45) is 0. The van der Waals surface area contributed by atoms with Gasteiger partial charge in [-0.15, -0.1) is 11.3 Å². The van der Waals surface area contributed by atoms with Gasteiger partial charge in [0.1, 0.15) is 10.9 Å². The second-order valence-corrected chi connectivity index (χ2v) is 6.17. The van der Waals surface area contributed by atoms with Crippen molar-refractivity contribution in [3.05, 3.63) is 16.5 Å². The topological polar surface area (TPSA) is 84.5 Å². The summed E-state index contributed by atoms with van der Waals surface area (Å²) in [5, 5.41) is 5.65. The van der Waals surface area contributed by atoms with Crippen molar-refractivity contribution in [1.82, 2.24) is 5.32 Å². The van der Waals surface area contributed by atoms with Gasteiger partial charge in [-0.1, -0.05) is 11.8 Å². The lowest BCUT2D eigenvalue weighted by molar-refractivity contribution is -0.117. The van der Waals surface area contributed by atoms with Gasteiger partial charge in [-0.25, -0.2) is 4.79 Å². The monoisotopic (exact) mass is 314 g/mol. The Bertz CT molecular complexity index is 556. The number of aryl methyl sites for hydroxylation is 1. The van der Waals surface area contributed by atoms with Crippen LogP contribution in [0, 0.1) is 6.92 Å². The lowest BCUT2D eigenvalue weighted by Gasteiger charge is -2.08. The van der Waals surface area contributed by atoms with Crippen molar-refractivity contribution in [1.29, 1.82) is 0 Å². The van der Waals surface area contributed by atoms with Crippen molar-refractivity contribution in [2.45, 2.75) is 19.9 Å². The molecule has 2 heterocycles. The molecule has 0 radical (unpaired) electrons. The maximum Gasteiger partial charge on any atom is 0.348 e. The standard InChI is InChI=1S/C12H14N2O4S2/c1-3-18-11(16)9-6(2)4-8(20-9)14-10(15)7-5-19-12(17)13-7/h4,7H,3,5H2,1-2H3,(H,13,17)(H,14,15). The Morgan fingerprint density at radius 1 is 1.55 bits per heavy atom. The summed E-state index contributed by atoms with van der Waals surface area (Å²) >= 11 is 2.25. The fraction of sp³-hybridized carbons (Fsp3) is 0.417. The summed E-state index contributed by atoms with van der Waals surface area (Å²) in [6.45, 7) is 3.83. The molecule has 0 aromatic carbocycles. The number of esters is 1. The molecule has 1 aliphatic heterocycles. The van der Waals surface area contributed by atoms with Crippen LogP contribution in [0.5, 0.6) is 0 Å². The molecular formula is C12H14N2O4S2. The van der Waals surface area contributed by atoms with E-state index in [4.69, 9.17) is 4.74 Å². The van der Waals surface area contributed by atoms with E-state index in [0.29, 0.717) is 22.2 Å². The highest BCUT2D eigenvalue weighted by atomic mass is 32.2. The molecule has 20 heavy (non-hydrogen) atoms. The van der Waals surface area contributed by atoms with E-state index < -0.39 is 6.04 Å². The Kier molecular flexibility index (Phi) is 4.66. The number of thiophene rings is 1. The Morgan fingerprint density at radius 3 is 2.90 bits per heavy atom. The van der Waals surface area contributed by atoms with Crippen LogP contribution >= 0.6 is 23.1 Å². The summed E-state index contributed by atoms with van der Waals surface area (Å²) in [5.74, 6) is -0.250. The van der Waals surface area contributed by atoms with E-state index in [-0.39, 0.29) is 17.1 Å². The molecule has 8 heteroatoms. The third-order valence-electron chi connectivity index (χ3n) is 2.61. The van der Waals surface area contributed by atoms with Crippen LogP contribution in [0.15, 0.2) is 6.07 Å². The SMILES string of the molecule is CCOC(=O)c1sc(NC(=O)C2CSC(=O)N2)cc1C. The minimum Gasteiger partial charge on any atom is -0.462 e. The number of amides is 2. The highest BCUT2D eigenvalue weighted by molar-refractivity contribution is 8.14. The molecule has 1 aromatic heterocycles. The van der Waals surface area contributed by atoms with Crippen LogP contribution in [0.4, 0.5) is 9.80 Å². The number of anilines is 1. The van der Waals surface area contributed by atoms with Crippen LogP contribution in [-0.4, -0.2) is 35.5 Å². The first-order valence-electron chi connectivity index (χ1n) is 6.03. The Hall–Kier alpha value is -1.54. The molecule has 0 bridgehead atoms. The van der Waals surface area contributed by atoms with E-state index in [9.17, 15) is 14.4 Å². The second kappa shape index (κ2) is 6.27. The molecule has 2 N–H and O–H groups in total. The van der Waals surface area contributed by atoms with Crippen LogP contribution in [0.25, 0.3) is 0 Å². The summed E-state index contributed by atoms with van der Waals surface area (Å²) in [7, 11) is 0.